The molecule has 0 spiro atoms. The van der Waals surface area contributed by atoms with Crippen LogP contribution in [-0.2, 0) is 19.4 Å². The molecular formula is C20H24N2O3S. The normalized spacial score (nSPS) is 18.3. The number of Topliss-reactive ketones (excluding diaryl/α,β-unsaturated/α-hetero) is 1. The van der Waals surface area contributed by atoms with Crippen molar-refractivity contribution in [2.45, 2.75) is 52.1 Å². The lowest BCUT2D eigenvalue weighted by molar-refractivity contribution is 0.0900. The van der Waals surface area contributed by atoms with Gasteiger partial charge >= 0.3 is 0 Å². The number of fused-ring (bicyclic) bond motifs is 2. The second-order valence-electron chi connectivity index (χ2n) is 7.28. The van der Waals surface area contributed by atoms with Crippen LogP contribution in [0.1, 0.15) is 62.4 Å². The molecule has 2 aromatic rings. The van der Waals surface area contributed by atoms with Gasteiger partial charge in [-0.3, -0.25) is 14.5 Å². The molecule has 0 saturated heterocycles. The van der Waals surface area contributed by atoms with Gasteiger partial charge in [0.25, 0.3) is 5.91 Å². The summed E-state index contributed by atoms with van der Waals surface area (Å²) in [6.45, 7) is 6.48. The molecule has 0 aromatic carbocycles. The molecule has 0 radical (unpaired) electrons. The summed E-state index contributed by atoms with van der Waals surface area (Å²) >= 11 is 1.83. The maximum atomic E-state index is 12.6. The lowest BCUT2D eigenvalue weighted by atomic mass is 9.94. The number of nitrogens with one attached hydrogen (secondary N) is 1. The zero-order valence-electron chi connectivity index (χ0n) is 15.3. The first-order chi connectivity index (χ1) is 12.5. The van der Waals surface area contributed by atoms with E-state index in [1.165, 1.54) is 10.4 Å². The van der Waals surface area contributed by atoms with Crippen LogP contribution in [0.15, 0.2) is 15.9 Å². The highest BCUT2D eigenvalue weighted by Gasteiger charge is 2.29. The Balaban J connectivity index is 1.39. The minimum atomic E-state index is -0.218. The number of amides is 1. The first kappa shape index (κ1) is 17.5. The minimum absolute atomic E-state index is 0.0970. The van der Waals surface area contributed by atoms with Gasteiger partial charge in [0, 0.05) is 49.0 Å². The van der Waals surface area contributed by atoms with Crippen LogP contribution < -0.4 is 5.32 Å². The fraction of sp³-hybridized carbons (Fsp3) is 0.500. The summed E-state index contributed by atoms with van der Waals surface area (Å²) in [5.41, 5.74) is 2.73. The topological polar surface area (TPSA) is 62.6 Å². The largest absolute Gasteiger partial charge is 0.455 e. The summed E-state index contributed by atoms with van der Waals surface area (Å²) in [6, 6.07) is 2.45. The zero-order chi connectivity index (χ0) is 18.3. The molecule has 26 heavy (non-hydrogen) atoms. The van der Waals surface area contributed by atoms with Crippen molar-refractivity contribution in [1.82, 2.24) is 10.2 Å². The number of carbonyl (C=O) groups excluding carboxylic acids is 2. The molecule has 1 aliphatic heterocycles. The number of hydrogen-bond acceptors (Lipinski definition) is 5. The lowest BCUT2D eigenvalue weighted by Crippen LogP contribution is -2.44. The van der Waals surface area contributed by atoms with Gasteiger partial charge in [-0.1, -0.05) is 0 Å². The Bertz CT molecular complexity index is 851. The van der Waals surface area contributed by atoms with E-state index in [-0.39, 0.29) is 17.7 Å². The third-order valence-electron chi connectivity index (χ3n) is 5.53. The smallest absolute Gasteiger partial charge is 0.287 e. The van der Waals surface area contributed by atoms with E-state index in [0.29, 0.717) is 35.6 Å². The van der Waals surface area contributed by atoms with Gasteiger partial charge in [-0.2, -0.15) is 0 Å². The van der Waals surface area contributed by atoms with Crippen molar-refractivity contribution in [1.29, 1.82) is 0 Å². The maximum absolute atomic E-state index is 12.6. The Hall–Kier alpha value is -1.92. The minimum Gasteiger partial charge on any atom is -0.455 e. The van der Waals surface area contributed by atoms with Gasteiger partial charge < -0.3 is 9.73 Å². The van der Waals surface area contributed by atoms with Crippen LogP contribution in [0.3, 0.4) is 0 Å². The van der Waals surface area contributed by atoms with Gasteiger partial charge in [-0.25, -0.2) is 0 Å². The SMILES string of the molecule is Cc1c(C(=O)NC[C@H](C)N2CCc3sccc3C2)oc2c1C(=O)CCC2. The first-order valence-corrected chi connectivity index (χ1v) is 10.2. The fourth-order valence-corrected chi connectivity index (χ4v) is 4.85. The summed E-state index contributed by atoms with van der Waals surface area (Å²) in [5.74, 6) is 0.860. The van der Waals surface area contributed by atoms with Crippen molar-refractivity contribution in [3.8, 4) is 0 Å². The molecule has 0 unspecified atom stereocenters. The molecule has 2 aromatic heterocycles. The Morgan fingerprint density at radius 1 is 1.38 bits per heavy atom. The van der Waals surface area contributed by atoms with Crippen molar-refractivity contribution < 1.29 is 14.0 Å². The quantitative estimate of drug-likeness (QED) is 0.894. The average Bonchev–Trinajstić information content (AvgIpc) is 3.24. The molecule has 2 aliphatic rings. The molecule has 1 N–H and O–H groups in total. The Morgan fingerprint density at radius 2 is 2.23 bits per heavy atom. The number of carbonyl (C=O) groups is 2. The van der Waals surface area contributed by atoms with Crippen molar-refractivity contribution in [2.75, 3.05) is 13.1 Å². The van der Waals surface area contributed by atoms with Crippen molar-refractivity contribution in [3.63, 3.8) is 0 Å². The molecule has 0 saturated carbocycles. The standard InChI is InChI=1S/C20H24N2O3S/c1-12(22-8-6-17-14(11-22)7-9-26-17)10-21-20(24)19-13(2)18-15(23)4-3-5-16(18)25-19/h7,9,12H,3-6,8,10-11H2,1-2H3,(H,21,24)/t12-/m0/s1. The summed E-state index contributed by atoms with van der Waals surface area (Å²) in [5, 5.41) is 5.15. The van der Waals surface area contributed by atoms with Gasteiger partial charge in [0.2, 0.25) is 0 Å². The van der Waals surface area contributed by atoms with E-state index >= 15 is 0 Å². The number of hydrogen-bond donors (Lipinski definition) is 1. The van der Waals surface area contributed by atoms with Crippen LogP contribution in [0.2, 0.25) is 0 Å². The molecule has 5 nitrogen and oxygen atoms in total. The van der Waals surface area contributed by atoms with Crippen LogP contribution in [0.5, 0.6) is 0 Å². The van der Waals surface area contributed by atoms with Crippen LogP contribution >= 0.6 is 11.3 Å². The zero-order valence-corrected chi connectivity index (χ0v) is 16.1. The van der Waals surface area contributed by atoms with Crippen molar-refractivity contribution in [3.05, 3.63) is 44.5 Å². The van der Waals surface area contributed by atoms with Gasteiger partial charge in [-0.15, -0.1) is 11.3 Å². The monoisotopic (exact) mass is 372 g/mol. The molecular weight excluding hydrogens is 348 g/mol. The highest BCUT2D eigenvalue weighted by Crippen LogP contribution is 2.29. The molecule has 0 fully saturated rings. The number of ketones is 1. The number of nitrogens with zero attached hydrogens (tertiary/aromatic N) is 1. The van der Waals surface area contributed by atoms with Crippen LogP contribution in [-0.4, -0.2) is 35.7 Å². The Kier molecular flexibility index (Phi) is 4.71. The second kappa shape index (κ2) is 7.00. The molecule has 4 rings (SSSR count). The summed E-state index contributed by atoms with van der Waals surface area (Å²) in [6.07, 6.45) is 3.17. The van der Waals surface area contributed by atoms with Crippen LogP contribution in [0.25, 0.3) is 0 Å². The highest BCUT2D eigenvalue weighted by molar-refractivity contribution is 7.10. The number of thiophene rings is 1. The third kappa shape index (κ3) is 3.12. The van der Waals surface area contributed by atoms with E-state index in [2.05, 4.69) is 28.6 Å². The summed E-state index contributed by atoms with van der Waals surface area (Å²) in [7, 11) is 0. The first-order valence-electron chi connectivity index (χ1n) is 9.27. The Labute approximate surface area is 157 Å². The van der Waals surface area contributed by atoms with Crippen molar-refractivity contribution >= 4 is 23.0 Å². The van der Waals surface area contributed by atoms with Crippen molar-refractivity contribution in [2.24, 2.45) is 0 Å². The molecule has 138 valence electrons. The molecule has 3 heterocycles. The molecule has 1 atom stereocenters. The van der Waals surface area contributed by atoms with Gasteiger partial charge in [0.15, 0.2) is 11.5 Å². The van der Waals surface area contributed by atoms with Gasteiger partial charge in [0.05, 0.1) is 5.56 Å². The van der Waals surface area contributed by atoms with E-state index in [1.54, 1.807) is 0 Å². The van der Waals surface area contributed by atoms with E-state index in [9.17, 15) is 9.59 Å². The highest BCUT2D eigenvalue weighted by atomic mass is 32.1. The number of aryl methyl sites for hydroxylation is 1. The maximum Gasteiger partial charge on any atom is 0.287 e. The number of rotatable bonds is 4. The average molecular weight is 372 g/mol. The summed E-state index contributed by atoms with van der Waals surface area (Å²) in [4.78, 5) is 28.6. The van der Waals surface area contributed by atoms with Crippen LogP contribution in [0, 0.1) is 6.92 Å². The molecule has 1 aliphatic carbocycles. The Morgan fingerprint density at radius 3 is 3.04 bits per heavy atom. The summed E-state index contributed by atoms with van der Waals surface area (Å²) < 4.78 is 5.74. The van der Waals surface area contributed by atoms with E-state index < -0.39 is 0 Å². The molecule has 0 bridgehead atoms. The van der Waals surface area contributed by atoms with E-state index in [4.69, 9.17) is 4.42 Å². The molecule has 6 heteroatoms. The predicted octanol–water partition coefficient (Wildman–Crippen LogP) is 3.35. The molecule has 1 amide bonds. The van der Waals surface area contributed by atoms with Gasteiger partial charge in [-0.05, 0) is 43.7 Å². The number of furan rings is 1. The third-order valence-corrected chi connectivity index (χ3v) is 6.55. The van der Waals surface area contributed by atoms with E-state index in [0.717, 1.165) is 32.4 Å². The van der Waals surface area contributed by atoms with E-state index in [1.807, 2.05) is 18.3 Å². The van der Waals surface area contributed by atoms with Crippen LogP contribution in [0.4, 0.5) is 0 Å². The second-order valence-corrected chi connectivity index (χ2v) is 8.28. The van der Waals surface area contributed by atoms with Gasteiger partial charge in [0.1, 0.15) is 5.76 Å². The fourth-order valence-electron chi connectivity index (χ4n) is 3.96. The predicted molar refractivity (Wildman–Crippen MR) is 101 cm³/mol. The lowest BCUT2D eigenvalue weighted by Gasteiger charge is -2.32.